The summed E-state index contributed by atoms with van der Waals surface area (Å²) in [7, 11) is 0. The van der Waals surface area contributed by atoms with Crippen molar-refractivity contribution in [3.63, 3.8) is 0 Å². The maximum absolute atomic E-state index is 13.0. The van der Waals surface area contributed by atoms with E-state index in [1.165, 1.54) is 24.4 Å². The van der Waals surface area contributed by atoms with Crippen LogP contribution in [-0.2, 0) is 9.59 Å². The van der Waals surface area contributed by atoms with Crippen LogP contribution in [0.1, 0.15) is 5.56 Å². The first-order valence-electron chi connectivity index (χ1n) is 6.35. The van der Waals surface area contributed by atoms with Gasteiger partial charge in [-0.2, -0.15) is 5.10 Å². The number of aromatic hydroxyl groups is 1. The number of phenols is 1. The predicted molar refractivity (Wildman–Crippen MR) is 83.9 cm³/mol. The van der Waals surface area contributed by atoms with Crippen LogP contribution in [0.3, 0.4) is 0 Å². The van der Waals surface area contributed by atoms with E-state index in [1.807, 2.05) is 5.43 Å². The van der Waals surface area contributed by atoms with E-state index in [0.29, 0.717) is 5.56 Å². The topological polar surface area (TPSA) is 90.8 Å². The molecule has 2 amide bonds. The van der Waals surface area contributed by atoms with Gasteiger partial charge >= 0.3 is 11.8 Å². The lowest BCUT2D eigenvalue weighted by Gasteiger charge is -2.04. The number of benzene rings is 2. The third-order valence-electron chi connectivity index (χ3n) is 2.69. The summed E-state index contributed by atoms with van der Waals surface area (Å²) in [4.78, 5) is 23.2. The summed E-state index contributed by atoms with van der Waals surface area (Å²) in [5, 5.41) is 15.1. The summed E-state index contributed by atoms with van der Waals surface area (Å²) in [6, 6.07) is 9.83. The summed E-state index contributed by atoms with van der Waals surface area (Å²) in [6.07, 6.45) is 1.19. The molecule has 2 aromatic carbocycles. The molecular weight excluding hydrogens is 325 g/mol. The van der Waals surface area contributed by atoms with Crippen molar-refractivity contribution in [3.8, 4) is 5.75 Å². The first kappa shape index (κ1) is 16.4. The average Bonchev–Trinajstić information content (AvgIpc) is 2.52. The molecule has 2 rings (SSSR count). The van der Waals surface area contributed by atoms with Crippen LogP contribution in [0.25, 0.3) is 0 Å². The van der Waals surface area contributed by atoms with E-state index in [-0.39, 0.29) is 16.5 Å². The van der Waals surface area contributed by atoms with Crippen LogP contribution < -0.4 is 10.7 Å². The van der Waals surface area contributed by atoms with Gasteiger partial charge in [0.1, 0.15) is 11.6 Å². The summed E-state index contributed by atoms with van der Waals surface area (Å²) in [5.74, 6) is -2.68. The monoisotopic (exact) mass is 335 g/mol. The van der Waals surface area contributed by atoms with Gasteiger partial charge in [-0.3, -0.25) is 9.59 Å². The Balaban J connectivity index is 1.94. The number of rotatable bonds is 3. The predicted octanol–water partition coefficient (Wildman–Crippen LogP) is 2.27. The Morgan fingerprint density at radius 3 is 2.61 bits per heavy atom. The van der Waals surface area contributed by atoms with Crippen molar-refractivity contribution < 1.29 is 19.1 Å². The lowest BCUT2D eigenvalue weighted by Crippen LogP contribution is -2.32. The fraction of sp³-hybridized carbons (Fsp3) is 0. The van der Waals surface area contributed by atoms with Crippen molar-refractivity contribution in [1.82, 2.24) is 5.43 Å². The molecule has 8 heteroatoms. The summed E-state index contributed by atoms with van der Waals surface area (Å²) in [5.41, 5.74) is 2.55. The zero-order valence-electron chi connectivity index (χ0n) is 11.6. The third-order valence-corrected chi connectivity index (χ3v) is 2.98. The molecule has 6 nitrogen and oxygen atoms in total. The molecule has 0 aromatic heterocycles. The van der Waals surface area contributed by atoms with Crippen molar-refractivity contribution in [2.45, 2.75) is 0 Å². The number of nitrogens with zero attached hydrogens (tertiary/aromatic N) is 1. The summed E-state index contributed by atoms with van der Waals surface area (Å²) >= 11 is 5.57. The zero-order chi connectivity index (χ0) is 16.8. The molecule has 0 saturated carbocycles. The smallest absolute Gasteiger partial charge is 0.329 e. The molecule has 0 bridgehead atoms. The van der Waals surface area contributed by atoms with Gasteiger partial charge in [0.25, 0.3) is 0 Å². The fourth-order valence-electron chi connectivity index (χ4n) is 1.57. The van der Waals surface area contributed by atoms with Crippen molar-refractivity contribution in [3.05, 3.63) is 58.9 Å². The van der Waals surface area contributed by atoms with Crippen LogP contribution in [0.4, 0.5) is 10.1 Å². The van der Waals surface area contributed by atoms with Crippen molar-refractivity contribution >= 4 is 35.3 Å². The molecule has 0 saturated heterocycles. The van der Waals surface area contributed by atoms with Gasteiger partial charge in [-0.25, -0.2) is 9.82 Å². The van der Waals surface area contributed by atoms with Crippen LogP contribution in [-0.4, -0.2) is 23.1 Å². The first-order valence-corrected chi connectivity index (χ1v) is 6.72. The number of phenolic OH excluding ortho intramolecular Hbond substituents is 1. The normalized spacial score (nSPS) is 10.5. The van der Waals surface area contributed by atoms with E-state index in [9.17, 15) is 19.1 Å². The van der Waals surface area contributed by atoms with Crippen LogP contribution in [0.5, 0.6) is 5.75 Å². The minimum atomic E-state index is -1.03. The molecule has 0 atom stereocenters. The number of carbonyl (C=O) groups is 2. The van der Waals surface area contributed by atoms with Gasteiger partial charge in [-0.1, -0.05) is 23.7 Å². The summed E-state index contributed by atoms with van der Waals surface area (Å²) in [6.45, 7) is 0. The number of halogens is 2. The SMILES string of the molecule is O=C(N/N=C/c1ccccc1O)C(=O)Nc1ccc(F)c(Cl)c1. The number of nitrogens with one attached hydrogen (secondary N) is 2. The lowest BCUT2D eigenvalue weighted by molar-refractivity contribution is -0.136. The fourth-order valence-corrected chi connectivity index (χ4v) is 1.75. The Labute approximate surface area is 135 Å². The van der Waals surface area contributed by atoms with E-state index >= 15 is 0 Å². The molecule has 23 heavy (non-hydrogen) atoms. The Hall–Kier alpha value is -2.93. The largest absolute Gasteiger partial charge is 0.507 e. The second-order valence-electron chi connectivity index (χ2n) is 4.34. The Bertz CT molecular complexity index is 780. The minimum Gasteiger partial charge on any atom is -0.507 e. The Kier molecular flexibility index (Phi) is 5.27. The molecule has 0 radical (unpaired) electrons. The van der Waals surface area contributed by atoms with Crippen LogP contribution >= 0.6 is 11.6 Å². The van der Waals surface area contributed by atoms with Gasteiger partial charge < -0.3 is 10.4 Å². The first-order chi connectivity index (χ1) is 11.0. The van der Waals surface area contributed by atoms with E-state index in [2.05, 4.69) is 10.4 Å². The van der Waals surface area contributed by atoms with E-state index < -0.39 is 17.6 Å². The van der Waals surface area contributed by atoms with Gasteiger partial charge in [-0.05, 0) is 30.3 Å². The molecule has 2 aromatic rings. The number of anilines is 1. The van der Waals surface area contributed by atoms with E-state index in [0.717, 1.165) is 6.07 Å². The average molecular weight is 336 g/mol. The van der Waals surface area contributed by atoms with Crippen molar-refractivity contribution in [2.24, 2.45) is 5.10 Å². The Morgan fingerprint density at radius 2 is 1.91 bits per heavy atom. The van der Waals surface area contributed by atoms with E-state index in [1.54, 1.807) is 18.2 Å². The number of hydrogen-bond acceptors (Lipinski definition) is 4. The Morgan fingerprint density at radius 1 is 1.17 bits per heavy atom. The molecule has 0 unspecified atom stereocenters. The maximum Gasteiger partial charge on any atom is 0.329 e. The highest BCUT2D eigenvalue weighted by molar-refractivity contribution is 6.39. The van der Waals surface area contributed by atoms with Gasteiger partial charge in [-0.15, -0.1) is 0 Å². The molecule has 118 valence electrons. The number of amides is 2. The molecule has 0 fully saturated rings. The molecule has 0 aliphatic rings. The van der Waals surface area contributed by atoms with Crippen molar-refractivity contribution in [1.29, 1.82) is 0 Å². The molecule has 0 aliphatic heterocycles. The van der Waals surface area contributed by atoms with E-state index in [4.69, 9.17) is 11.6 Å². The second kappa shape index (κ2) is 7.37. The number of para-hydroxylation sites is 1. The minimum absolute atomic E-state index is 0.0177. The van der Waals surface area contributed by atoms with Crippen LogP contribution in [0.15, 0.2) is 47.6 Å². The quantitative estimate of drug-likeness (QED) is 0.456. The number of carbonyl (C=O) groups excluding carboxylic acids is 2. The van der Waals surface area contributed by atoms with Gasteiger partial charge in [0.05, 0.1) is 11.2 Å². The van der Waals surface area contributed by atoms with Gasteiger partial charge in [0.15, 0.2) is 0 Å². The standard InChI is InChI=1S/C15H11ClFN3O3/c16-11-7-10(5-6-12(11)17)19-14(22)15(23)20-18-8-9-3-1-2-4-13(9)21/h1-8,21H,(H,19,22)(H,20,23)/b18-8+. The highest BCUT2D eigenvalue weighted by atomic mass is 35.5. The number of hydrazone groups is 1. The number of hydrogen-bond donors (Lipinski definition) is 3. The molecule has 0 heterocycles. The molecule has 0 spiro atoms. The zero-order valence-corrected chi connectivity index (χ0v) is 12.3. The third kappa shape index (κ3) is 4.52. The van der Waals surface area contributed by atoms with Crippen LogP contribution in [0, 0.1) is 5.82 Å². The highest BCUT2D eigenvalue weighted by Crippen LogP contribution is 2.19. The highest BCUT2D eigenvalue weighted by Gasteiger charge is 2.13. The van der Waals surface area contributed by atoms with Gasteiger partial charge in [0.2, 0.25) is 0 Å². The maximum atomic E-state index is 13.0. The summed E-state index contributed by atoms with van der Waals surface area (Å²) < 4.78 is 13.0. The van der Waals surface area contributed by atoms with Crippen molar-refractivity contribution in [2.75, 3.05) is 5.32 Å². The van der Waals surface area contributed by atoms with Crippen LogP contribution in [0.2, 0.25) is 5.02 Å². The molecule has 3 N–H and O–H groups in total. The second-order valence-corrected chi connectivity index (χ2v) is 4.75. The van der Waals surface area contributed by atoms with Gasteiger partial charge in [0, 0.05) is 11.3 Å². The lowest BCUT2D eigenvalue weighted by atomic mass is 10.2. The molecular formula is C15H11ClFN3O3. The molecule has 0 aliphatic carbocycles.